The fraction of sp³-hybridized carbons (Fsp3) is 0.115. The van der Waals surface area contributed by atoms with E-state index in [2.05, 4.69) is 15.3 Å². The molecule has 3 N–H and O–H groups in total. The highest BCUT2D eigenvalue weighted by Gasteiger charge is 2.15. The van der Waals surface area contributed by atoms with Crippen molar-refractivity contribution in [3.8, 4) is 16.9 Å². The number of pyridine rings is 2. The van der Waals surface area contributed by atoms with Gasteiger partial charge in [-0.05, 0) is 55.0 Å². The number of carbonyl (C=O) groups is 1. The smallest absolute Gasteiger partial charge is 0.255 e. The molecule has 1 amide bonds. The third-order valence-corrected chi connectivity index (χ3v) is 6.43. The van der Waals surface area contributed by atoms with Crippen LogP contribution in [0.4, 0.5) is 11.5 Å². The molecule has 9 heteroatoms. The number of nitrogen functional groups attached to an aromatic ring is 1. The average Bonchev–Trinajstić information content (AvgIpc) is 2.85. The number of nitrogens with zero attached hydrogens (tertiary/aromatic N) is 2. The van der Waals surface area contributed by atoms with Gasteiger partial charge in [-0.2, -0.15) is 0 Å². The molecule has 4 rings (SSSR count). The number of nitrogens with one attached hydrogen (secondary N) is 1. The summed E-state index contributed by atoms with van der Waals surface area (Å²) in [6.07, 6.45) is 5.80. The maximum atomic E-state index is 12.7. The van der Waals surface area contributed by atoms with Crippen LogP contribution in [0.2, 0.25) is 0 Å². The lowest BCUT2D eigenvalue weighted by Gasteiger charge is -2.18. The zero-order valence-corrected chi connectivity index (χ0v) is 20.0. The summed E-state index contributed by atoms with van der Waals surface area (Å²) < 4.78 is 29.7. The minimum absolute atomic E-state index is 0.0839. The van der Waals surface area contributed by atoms with Gasteiger partial charge in [0.05, 0.1) is 4.90 Å². The summed E-state index contributed by atoms with van der Waals surface area (Å²) in [5.41, 5.74) is 9.35. The summed E-state index contributed by atoms with van der Waals surface area (Å²) in [5, 5.41) is 2.80. The van der Waals surface area contributed by atoms with Gasteiger partial charge in [-0.3, -0.25) is 9.78 Å². The van der Waals surface area contributed by atoms with E-state index < -0.39 is 21.8 Å². The highest BCUT2D eigenvalue weighted by Crippen LogP contribution is 2.31. The summed E-state index contributed by atoms with van der Waals surface area (Å²) in [6, 6.07) is 18.7. The molecule has 8 nitrogen and oxygen atoms in total. The van der Waals surface area contributed by atoms with Crippen LogP contribution < -0.4 is 15.8 Å². The third kappa shape index (κ3) is 5.82. The van der Waals surface area contributed by atoms with Gasteiger partial charge in [0.15, 0.2) is 21.4 Å². The lowest BCUT2D eigenvalue weighted by molar-refractivity contribution is 0.102. The molecular weight excluding hydrogens is 464 g/mol. The van der Waals surface area contributed by atoms with Crippen LogP contribution in [-0.2, 0) is 9.84 Å². The summed E-state index contributed by atoms with van der Waals surface area (Å²) in [5.74, 6) is 0.282. The van der Waals surface area contributed by atoms with E-state index >= 15 is 0 Å². The van der Waals surface area contributed by atoms with E-state index in [-0.39, 0.29) is 16.3 Å². The molecule has 0 aliphatic carbocycles. The molecule has 0 fully saturated rings. The second kappa shape index (κ2) is 9.94. The topological polar surface area (TPSA) is 124 Å². The molecule has 0 saturated heterocycles. The number of rotatable bonds is 7. The fourth-order valence-corrected chi connectivity index (χ4v) is 4.11. The van der Waals surface area contributed by atoms with Gasteiger partial charge in [0.2, 0.25) is 0 Å². The minimum Gasteiger partial charge on any atom is -0.482 e. The maximum absolute atomic E-state index is 12.7. The summed E-state index contributed by atoms with van der Waals surface area (Å²) in [4.78, 5) is 21.2. The van der Waals surface area contributed by atoms with E-state index in [0.29, 0.717) is 11.4 Å². The Kier molecular flexibility index (Phi) is 6.79. The van der Waals surface area contributed by atoms with Crippen molar-refractivity contribution < 1.29 is 17.9 Å². The van der Waals surface area contributed by atoms with Crippen molar-refractivity contribution in [3.63, 3.8) is 0 Å². The van der Waals surface area contributed by atoms with Crippen LogP contribution in [-0.4, -0.2) is 30.5 Å². The van der Waals surface area contributed by atoms with Crippen molar-refractivity contribution >= 4 is 27.2 Å². The predicted molar refractivity (Wildman–Crippen MR) is 135 cm³/mol. The van der Waals surface area contributed by atoms with Gasteiger partial charge in [0.25, 0.3) is 5.91 Å². The Morgan fingerprint density at radius 2 is 1.80 bits per heavy atom. The van der Waals surface area contributed by atoms with Crippen molar-refractivity contribution in [1.29, 1.82) is 0 Å². The summed E-state index contributed by atoms with van der Waals surface area (Å²) in [7, 11) is -3.42. The summed E-state index contributed by atoms with van der Waals surface area (Å²) >= 11 is 0. The maximum Gasteiger partial charge on any atom is 0.255 e. The van der Waals surface area contributed by atoms with Gasteiger partial charge in [0.1, 0.15) is 6.10 Å². The number of sulfone groups is 1. The van der Waals surface area contributed by atoms with Crippen molar-refractivity contribution in [1.82, 2.24) is 9.97 Å². The molecule has 1 atom stereocenters. The Labute approximate surface area is 203 Å². The van der Waals surface area contributed by atoms with Crippen molar-refractivity contribution in [2.24, 2.45) is 0 Å². The first-order valence-electron chi connectivity index (χ1n) is 10.7. The number of hydrogen-bond acceptors (Lipinski definition) is 7. The molecule has 2 aromatic carbocycles. The Hall–Kier alpha value is -4.24. The third-order valence-electron chi connectivity index (χ3n) is 5.32. The highest BCUT2D eigenvalue weighted by atomic mass is 32.2. The molecule has 4 aromatic rings. The van der Waals surface area contributed by atoms with Crippen LogP contribution in [0, 0.1) is 0 Å². The molecule has 0 saturated carbocycles. The highest BCUT2D eigenvalue weighted by molar-refractivity contribution is 7.90. The number of amides is 1. The van der Waals surface area contributed by atoms with Crippen LogP contribution in [0.5, 0.6) is 5.75 Å². The van der Waals surface area contributed by atoms with Gasteiger partial charge in [0, 0.05) is 47.2 Å². The monoisotopic (exact) mass is 488 g/mol. The van der Waals surface area contributed by atoms with Crippen LogP contribution in [0.25, 0.3) is 11.1 Å². The molecule has 0 radical (unpaired) electrons. The minimum atomic E-state index is -3.42. The first-order valence-corrected chi connectivity index (χ1v) is 12.6. The van der Waals surface area contributed by atoms with Crippen LogP contribution in [0.3, 0.4) is 0 Å². The van der Waals surface area contributed by atoms with Crippen molar-refractivity contribution in [2.45, 2.75) is 17.9 Å². The number of aromatic nitrogens is 2. The molecule has 0 aliphatic heterocycles. The molecule has 2 aromatic heterocycles. The van der Waals surface area contributed by atoms with Gasteiger partial charge in [-0.15, -0.1) is 0 Å². The number of nitrogens with two attached hydrogens (primary N) is 1. The van der Waals surface area contributed by atoms with E-state index in [1.807, 2.05) is 31.2 Å². The number of carbonyl (C=O) groups excluding carboxylic acids is 1. The van der Waals surface area contributed by atoms with Crippen molar-refractivity contribution in [3.05, 3.63) is 96.4 Å². The Bertz CT molecular complexity index is 1470. The normalized spacial score (nSPS) is 12.1. The molecule has 178 valence electrons. The van der Waals surface area contributed by atoms with E-state index in [1.165, 1.54) is 18.2 Å². The summed E-state index contributed by atoms with van der Waals surface area (Å²) in [6.45, 7) is 1.87. The Morgan fingerprint density at radius 1 is 1.00 bits per heavy atom. The second-order valence-corrected chi connectivity index (χ2v) is 10.0. The quantitative estimate of drug-likeness (QED) is 0.392. The van der Waals surface area contributed by atoms with E-state index in [0.717, 1.165) is 22.9 Å². The molecule has 0 aliphatic rings. The van der Waals surface area contributed by atoms with Crippen molar-refractivity contribution in [2.75, 3.05) is 17.3 Å². The molecule has 0 bridgehead atoms. The first kappa shape index (κ1) is 23.9. The van der Waals surface area contributed by atoms with Gasteiger partial charge >= 0.3 is 0 Å². The zero-order chi connectivity index (χ0) is 25.0. The number of benzene rings is 2. The first-order chi connectivity index (χ1) is 16.7. The number of ether oxygens (including phenoxy) is 1. The molecule has 1 unspecified atom stereocenters. The van der Waals surface area contributed by atoms with Gasteiger partial charge < -0.3 is 15.8 Å². The molecule has 0 spiro atoms. The number of anilines is 2. The van der Waals surface area contributed by atoms with Gasteiger partial charge in [-0.1, -0.05) is 24.3 Å². The van der Waals surface area contributed by atoms with E-state index in [4.69, 9.17) is 10.5 Å². The Morgan fingerprint density at radius 3 is 2.54 bits per heavy atom. The molecule has 35 heavy (non-hydrogen) atoms. The van der Waals surface area contributed by atoms with Crippen LogP contribution in [0.1, 0.15) is 28.9 Å². The lowest BCUT2D eigenvalue weighted by atomic mass is 10.1. The van der Waals surface area contributed by atoms with Crippen LogP contribution in [0.15, 0.2) is 90.2 Å². The standard InChI is InChI=1S/C26H24N4O4S/c1-17(34-24-14-21(16-29-25(24)27)20-8-5-11-28-15-20)18-6-3-9-22(12-18)30-26(31)19-7-4-10-23(13-19)35(2,32)33/h3-17H,1-2H3,(H2,27,29)(H,30,31). The lowest BCUT2D eigenvalue weighted by Crippen LogP contribution is -2.13. The van der Waals surface area contributed by atoms with Crippen LogP contribution >= 0.6 is 0 Å². The fourth-order valence-electron chi connectivity index (χ4n) is 3.44. The Balaban J connectivity index is 1.51. The molecular formula is C26H24N4O4S. The van der Waals surface area contributed by atoms with Gasteiger partial charge in [-0.25, -0.2) is 13.4 Å². The molecule has 2 heterocycles. The predicted octanol–water partition coefficient (Wildman–Crippen LogP) is 4.52. The SMILES string of the molecule is CC(Oc1cc(-c2cccnc2)cnc1N)c1cccc(NC(=O)c2cccc(S(C)(=O)=O)c2)c1. The van der Waals surface area contributed by atoms with E-state index in [9.17, 15) is 13.2 Å². The zero-order valence-electron chi connectivity index (χ0n) is 19.2. The number of hydrogen-bond donors (Lipinski definition) is 2. The van der Waals surface area contributed by atoms with E-state index in [1.54, 1.807) is 42.9 Å². The average molecular weight is 489 g/mol. The second-order valence-electron chi connectivity index (χ2n) is 7.99. The largest absolute Gasteiger partial charge is 0.482 e.